The predicted molar refractivity (Wildman–Crippen MR) is 109 cm³/mol. The molecule has 0 aliphatic carbocycles. The van der Waals surface area contributed by atoms with Crippen molar-refractivity contribution in [2.75, 3.05) is 32.1 Å². The molecule has 0 radical (unpaired) electrons. The lowest BCUT2D eigenvalue weighted by molar-refractivity contribution is 0.0955. The minimum atomic E-state index is -0.0646. The van der Waals surface area contributed by atoms with Gasteiger partial charge in [0.25, 0.3) is 5.91 Å². The van der Waals surface area contributed by atoms with E-state index in [2.05, 4.69) is 36.6 Å². The van der Waals surface area contributed by atoms with Crippen molar-refractivity contribution in [3.8, 4) is 11.3 Å². The molecular weight excluding hydrogens is 410 g/mol. The van der Waals surface area contributed by atoms with E-state index in [1.807, 2.05) is 38.1 Å². The first-order chi connectivity index (χ1) is 13.0. The number of nitrogens with zero attached hydrogens (tertiary/aromatic N) is 3. The fourth-order valence-electron chi connectivity index (χ4n) is 2.89. The highest BCUT2D eigenvalue weighted by Crippen LogP contribution is 2.27. The molecule has 2 N–H and O–H groups in total. The van der Waals surface area contributed by atoms with Crippen LogP contribution < -0.4 is 10.6 Å². The van der Waals surface area contributed by atoms with Crippen LogP contribution in [0.2, 0.25) is 0 Å². The molecule has 142 valence electrons. The van der Waals surface area contributed by atoms with Crippen LogP contribution in [0.25, 0.3) is 16.9 Å². The maximum atomic E-state index is 12.1. The van der Waals surface area contributed by atoms with Crippen LogP contribution in [0.15, 0.2) is 35.1 Å². The summed E-state index contributed by atoms with van der Waals surface area (Å²) in [7, 11) is 1.67. The third-order valence-electron chi connectivity index (χ3n) is 4.16. The van der Waals surface area contributed by atoms with Gasteiger partial charge in [-0.15, -0.1) is 0 Å². The van der Waals surface area contributed by atoms with E-state index in [1.165, 1.54) is 0 Å². The number of ether oxygens (including phenoxy) is 1. The number of anilines is 1. The van der Waals surface area contributed by atoms with Crippen LogP contribution in [0.3, 0.4) is 0 Å². The van der Waals surface area contributed by atoms with Crippen molar-refractivity contribution < 1.29 is 9.53 Å². The number of imidazole rings is 1. The van der Waals surface area contributed by atoms with E-state index in [9.17, 15) is 4.79 Å². The fraction of sp³-hybridized carbons (Fsp3) is 0.316. The van der Waals surface area contributed by atoms with Crippen molar-refractivity contribution in [3.05, 3.63) is 46.2 Å². The molecule has 0 fully saturated rings. The lowest BCUT2D eigenvalue weighted by Crippen LogP contribution is -2.23. The van der Waals surface area contributed by atoms with E-state index in [4.69, 9.17) is 4.74 Å². The van der Waals surface area contributed by atoms with E-state index in [1.54, 1.807) is 17.8 Å². The molecule has 0 atom stereocenters. The number of rotatable bonds is 7. The van der Waals surface area contributed by atoms with E-state index in [0.717, 1.165) is 28.2 Å². The van der Waals surface area contributed by atoms with Crippen LogP contribution in [0.1, 0.15) is 22.8 Å². The second kappa shape index (κ2) is 8.49. The van der Waals surface area contributed by atoms with Crippen LogP contribution >= 0.6 is 15.9 Å². The van der Waals surface area contributed by atoms with Crippen LogP contribution in [-0.4, -0.2) is 47.3 Å². The zero-order valence-electron chi connectivity index (χ0n) is 15.5. The number of hydrogen-bond acceptors (Lipinski definition) is 5. The summed E-state index contributed by atoms with van der Waals surface area (Å²) in [5.41, 5.74) is 4.98. The van der Waals surface area contributed by atoms with Crippen molar-refractivity contribution in [1.82, 2.24) is 19.9 Å². The maximum Gasteiger partial charge on any atom is 0.251 e. The molecular formula is C19H22BrN5O2. The molecule has 2 heterocycles. The number of nitrogens with one attached hydrogen (secondary N) is 2. The SMILES string of the molecule is CCNC(=O)c1ccc(-c2cnc3c(NCCOC)cc(Br)nn23)cc1C. The summed E-state index contributed by atoms with van der Waals surface area (Å²) >= 11 is 3.46. The monoisotopic (exact) mass is 431 g/mol. The van der Waals surface area contributed by atoms with Crippen LogP contribution in [-0.2, 0) is 4.74 Å². The molecule has 7 nitrogen and oxygen atoms in total. The molecule has 0 spiro atoms. The third-order valence-corrected chi connectivity index (χ3v) is 4.55. The highest BCUT2D eigenvalue weighted by molar-refractivity contribution is 9.10. The highest BCUT2D eigenvalue weighted by atomic mass is 79.9. The molecule has 8 heteroatoms. The van der Waals surface area contributed by atoms with Crippen LogP contribution in [0, 0.1) is 6.92 Å². The molecule has 0 aliphatic rings. The number of carbonyl (C=O) groups excluding carboxylic acids is 1. The van der Waals surface area contributed by atoms with Gasteiger partial charge < -0.3 is 15.4 Å². The molecule has 3 rings (SSSR count). The molecule has 1 amide bonds. The van der Waals surface area contributed by atoms with Gasteiger partial charge in [-0.3, -0.25) is 4.79 Å². The second-order valence-electron chi connectivity index (χ2n) is 6.07. The Bertz CT molecular complexity index is 970. The van der Waals surface area contributed by atoms with Crippen molar-refractivity contribution in [1.29, 1.82) is 0 Å². The molecule has 0 bridgehead atoms. The second-order valence-corrected chi connectivity index (χ2v) is 6.88. The van der Waals surface area contributed by atoms with Crippen molar-refractivity contribution in [2.45, 2.75) is 13.8 Å². The number of aryl methyl sites for hydroxylation is 1. The molecule has 0 saturated carbocycles. The van der Waals surface area contributed by atoms with Crippen molar-refractivity contribution in [2.24, 2.45) is 0 Å². The smallest absolute Gasteiger partial charge is 0.251 e. The van der Waals surface area contributed by atoms with E-state index in [0.29, 0.717) is 29.9 Å². The minimum Gasteiger partial charge on any atom is -0.383 e. The number of halogens is 1. The molecule has 2 aromatic heterocycles. The average molecular weight is 432 g/mol. The summed E-state index contributed by atoms with van der Waals surface area (Å²) in [6.45, 7) is 5.70. The lowest BCUT2D eigenvalue weighted by Gasteiger charge is -2.10. The zero-order valence-corrected chi connectivity index (χ0v) is 17.1. The Morgan fingerprint density at radius 3 is 2.85 bits per heavy atom. The third kappa shape index (κ3) is 4.12. The van der Waals surface area contributed by atoms with Gasteiger partial charge in [-0.2, -0.15) is 5.10 Å². The first-order valence-corrected chi connectivity index (χ1v) is 9.50. The van der Waals surface area contributed by atoms with E-state index < -0.39 is 0 Å². The number of aromatic nitrogens is 3. The zero-order chi connectivity index (χ0) is 19.4. The van der Waals surface area contributed by atoms with Gasteiger partial charge >= 0.3 is 0 Å². The van der Waals surface area contributed by atoms with Gasteiger partial charge in [0.2, 0.25) is 0 Å². The normalized spacial score (nSPS) is 11.0. The first kappa shape index (κ1) is 19.3. The lowest BCUT2D eigenvalue weighted by atomic mass is 10.0. The van der Waals surface area contributed by atoms with Gasteiger partial charge in [0.1, 0.15) is 4.60 Å². The average Bonchev–Trinajstić information content (AvgIpc) is 3.05. The Hall–Kier alpha value is -2.45. The molecule has 1 aromatic carbocycles. The first-order valence-electron chi connectivity index (χ1n) is 8.71. The largest absolute Gasteiger partial charge is 0.383 e. The molecule has 0 unspecified atom stereocenters. The summed E-state index contributed by atoms with van der Waals surface area (Å²) < 4.78 is 7.58. The number of amides is 1. The number of methoxy groups -OCH3 is 1. The highest BCUT2D eigenvalue weighted by Gasteiger charge is 2.14. The number of benzene rings is 1. The molecule has 0 aliphatic heterocycles. The minimum absolute atomic E-state index is 0.0646. The number of fused-ring (bicyclic) bond motifs is 1. The van der Waals surface area contributed by atoms with Gasteiger partial charge in [-0.1, -0.05) is 6.07 Å². The van der Waals surface area contributed by atoms with Crippen LogP contribution in [0.5, 0.6) is 0 Å². The Morgan fingerprint density at radius 2 is 2.15 bits per heavy atom. The van der Waals surface area contributed by atoms with Gasteiger partial charge in [-0.25, -0.2) is 9.50 Å². The van der Waals surface area contributed by atoms with Crippen LogP contribution in [0.4, 0.5) is 5.69 Å². The fourth-order valence-corrected chi connectivity index (χ4v) is 3.27. The van der Waals surface area contributed by atoms with Gasteiger partial charge in [0, 0.05) is 31.3 Å². The van der Waals surface area contributed by atoms with Crippen molar-refractivity contribution in [3.63, 3.8) is 0 Å². The van der Waals surface area contributed by atoms with Gasteiger partial charge in [-0.05, 0) is 53.5 Å². The molecule has 3 aromatic rings. The summed E-state index contributed by atoms with van der Waals surface area (Å²) in [4.78, 5) is 16.7. The van der Waals surface area contributed by atoms with Gasteiger partial charge in [0.05, 0.1) is 24.2 Å². The van der Waals surface area contributed by atoms with Gasteiger partial charge in [0.15, 0.2) is 5.65 Å². The van der Waals surface area contributed by atoms with E-state index in [-0.39, 0.29) is 5.91 Å². The molecule has 27 heavy (non-hydrogen) atoms. The Balaban J connectivity index is 2.00. The Labute approximate surface area is 166 Å². The maximum absolute atomic E-state index is 12.1. The summed E-state index contributed by atoms with van der Waals surface area (Å²) in [5, 5.41) is 10.7. The Morgan fingerprint density at radius 1 is 1.33 bits per heavy atom. The standard InChI is InChI=1S/C19H22BrN5O2/c1-4-21-19(26)14-6-5-13(9-12(14)2)16-11-23-18-15(22-7-8-27-3)10-17(20)24-25(16)18/h5-6,9-11,22H,4,7-8H2,1-3H3,(H,21,26). The predicted octanol–water partition coefficient (Wildman–Crippen LogP) is 3.28. The Kier molecular flexibility index (Phi) is 6.08. The van der Waals surface area contributed by atoms with Crippen molar-refractivity contribution >= 4 is 33.2 Å². The summed E-state index contributed by atoms with van der Waals surface area (Å²) in [6.07, 6.45) is 1.79. The summed E-state index contributed by atoms with van der Waals surface area (Å²) in [5.74, 6) is -0.0646. The quantitative estimate of drug-likeness (QED) is 0.561. The number of hydrogen-bond donors (Lipinski definition) is 2. The number of carbonyl (C=O) groups is 1. The molecule has 0 saturated heterocycles. The summed E-state index contributed by atoms with van der Waals surface area (Å²) in [6, 6.07) is 7.63. The topological polar surface area (TPSA) is 80.5 Å². The van der Waals surface area contributed by atoms with E-state index >= 15 is 0 Å².